The molecule has 3 rings (SSSR count). The number of pyridine rings is 2. The number of unbranched alkanes of at least 4 members (excludes halogenated alkanes) is 10. The van der Waals surface area contributed by atoms with Gasteiger partial charge >= 0.3 is 0 Å². The number of nitrogens with one attached hydrogen (secondary N) is 1. The molecule has 210 valence electrons. The van der Waals surface area contributed by atoms with E-state index < -0.39 is 0 Å². The van der Waals surface area contributed by atoms with Gasteiger partial charge in [0.25, 0.3) is 0 Å². The topological polar surface area (TPSA) is 30.2 Å². The van der Waals surface area contributed by atoms with Crippen molar-refractivity contribution in [2.24, 2.45) is 0 Å². The molecule has 0 spiro atoms. The van der Waals surface area contributed by atoms with Crippen LogP contribution in [0.5, 0.6) is 0 Å². The number of quaternary nitrogens is 1. The number of hydrogen-bond acceptors (Lipinski definition) is 2. The fraction of sp³-hybridized carbons (Fsp3) is 0.500. The van der Waals surface area contributed by atoms with Gasteiger partial charge in [-0.1, -0.05) is 74.6 Å². The molecule has 0 aliphatic carbocycles. The first kappa shape index (κ1) is 30.8. The van der Waals surface area contributed by atoms with Crippen molar-refractivity contribution in [1.29, 1.82) is 0 Å². The van der Waals surface area contributed by atoms with E-state index in [0.717, 1.165) is 19.3 Å². The number of hydrogen-bond donors (Lipinski definition) is 1. The molecule has 2 aromatic heterocycles. The number of nitrogens with zero attached hydrogens (tertiary/aromatic N) is 2. The predicted octanol–water partition coefficient (Wildman–Crippen LogP) is 8.17. The Hall–Kier alpha value is -2.78. The minimum Gasteiger partial charge on any atom is -0.305 e. The Kier molecular flexibility index (Phi) is 16.6. The summed E-state index contributed by atoms with van der Waals surface area (Å²) in [6.45, 7) is 2.46. The van der Waals surface area contributed by atoms with Crippen molar-refractivity contribution < 1.29 is 4.90 Å². The quantitative estimate of drug-likeness (QED) is 0.131. The summed E-state index contributed by atoms with van der Waals surface area (Å²) >= 11 is 0. The van der Waals surface area contributed by atoms with Crippen LogP contribution in [-0.4, -0.2) is 23.1 Å². The molecular formula is C36H52N3+. The van der Waals surface area contributed by atoms with Gasteiger partial charge in [0.2, 0.25) is 0 Å². The van der Waals surface area contributed by atoms with Gasteiger partial charge in [-0.2, -0.15) is 0 Å². The van der Waals surface area contributed by atoms with Crippen LogP contribution in [0, 0.1) is 0 Å². The molecule has 0 fully saturated rings. The van der Waals surface area contributed by atoms with Gasteiger partial charge in [0.15, 0.2) is 0 Å². The molecule has 3 heteroatoms. The Morgan fingerprint density at radius 3 is 2.03 bits per heavy atom. The van der Waals surface area contributed by atoms with Crippen molar-refractivity contribution >= 4 is 0 Å². The first-order valence-corrected chi connectivity index (χ1v) is 15.7. The normalized spacial score (nSPS) is 15.4. The zero-order valence-electron chi connectivity index (χ0n) is 24.3. The summed E-state index contributed by atoms with van der Waals surface area (Å²) in [6.07, 6.45) is 44.7. The van der Waals surface area contributed by atoms with Crippen LogP contribution in [0.4, 0.5) is 0 Å². The Balaban J connectivity index is 1.10. The van der Waals surface area contributed by atoms with Gasteiger partial charge in [0.05, 0.1) is 12.7 Å². The Labute approximate surface area is 238 Å². The molecule has 1 N–H and O–H groups in total. The predicted molar refractivity (Wildman–Crippen MR) is 167 cm³/mol. The lowest BCUT2D eigenvalue weighted by Gasteiger charge is -2.18. The van der Waals surface area contributed by atoms with E-state index in [0.29, 0.717) is 0 Å². The number of aryl methyl sites for hydroxylation is 1. The van der Waals surface area contributed by atoms with Crippen molar-refractivity contribution in [3.8, 4) is 0 Å². The second-order valence-electron chi connectivity index (χ2n) is 11.0. The summed E-state index contributed by atoms with van der Waals surface area (Å²) < 4.78 is 0. The molecular weight excluding hydrogens is 474 g/mol. The van der Waals surface area contributed by atoms with Crippen LogP contribution >= 0.6 is 0 Å². The highest BCUT2D eigenvalue weighted by molar-refractivity contribution is 5.18. The lowest BCUT2D eigenvalue weighted by molar-refractivity contribution is -0.841. The van der Waals surface area contributed by atoms with E-state index in [1.54, 1.807) is 10.5 Å². The van der Waals surface area contributed by atoms with Crippen molar-refractivity contribution in [3.63, 3.8) is 0 Å². The van der Waals surface area contributed by atoms with Crippen molar-refractivity contribution in [2.45, 2.75) is 103 Å². The molecule has 0 radical (unpaired) electrons. The van der Waals surface area contributed by atoms with Gasteiger partial charge in [-0.15, -0.1) is 0 Å². The summed E-state index contributed by atoms with van der Waals surface area (Å²) in [5, 5.41) is 0. The van der Waals surface area contributed by atoms with Crippen LogP contribution in [0.2, 0.25) is 0 Å². The summed E-state index contributed by atoms with van der Waals surface area (Å²) in [4.78, 5) is 10.0. The average Bonchev–Trinajstić information content (AvgIpc) is 2.98. The maximum absolute atomic E-state index is 4.18. The maximum Gasteiger partial charge on any atom is 0.100 e. The minimum absolute atomic E-state index is 1.00. The summed E-state index contributed by atoms with van der Waals surface area (Å²) in [5.74, 6) is 0. The Bertz CT molecular complexity index is 975. The maximum atomic E-state index is 4.18. The van der Waals surface area contributed by atoms with E-state index >= 15 is 0 Å². The molecule has 0 saturated carbocycles. The van der Waals surface area contributed by atoms with Crippen LogP contribution in [0.15, 0.2) is 97.3 Å². The Morgan fingerprint density at radius 2 is 1.28 bits per heavy atom. The van der Waals surface area contributed by atoms with E-state index in [1.165, 1.54) is 108 Å². The molecule has 0 aromatic carbocycles. The van der Waals surface area contributed by atoms with E-state index in [-0.39, 0.29) is 0 Å². The van der Waals surface area contributed by atoms with Gasteiger partial charge in [-0.25, -0.2) is 0 Å². The van der Waals surface area contributed by atoms with E-state index in [1.807, 2.05) is 36.9 Å². The molecule has 3 nitrogen and oxygen atoms in total. The smallest absolute Gasteiger partial charge is 0.100 e. The molecule has 2 aromatic rings. The zero-order valence-corrected chi connectivity index (χ0v) is 24.3. The molecule has 1 aliphatic rings. The largest absolute Gasteiger partial charge is 0.305 e. The first-order valence-electron chi connectivity index (χ1n) is 15.7. The number of aromatic nitrogens is 2. The van der Waals surface area contributed by atoms with Crippen molar-refractivity contribution in [1.82, 2.24) is 9.97 Å². The monoisotopic (exact) mass is 526 g/mol. The van der Waals surface area contributed by atoms with Crippen LogP contribution in [0.1, 0.15) is 101 Å². The summed E-state index contributed by atoms with van der Waals surface area (Å²) in [5.41, 5.74) is 4.19. The lowest BCUT2D eigenvalue weighted by atomic mass is 10.0. The molecule has 0 amide bonds. The van der Waals surface area contributed by atoms with Crippen LogP contribution in [-0.2, 0) is 12.8 Å². The van der Waals surface area contributed by atoms with Gasteiger partial charge in [-0.05, 0) is 100.0 Å². The van der Waals surface area contributed by atoms with E-state index in [2.05, 4.69) is 64.8 Å². The third kappa shape index (κ3) is 15.4. The highest BCUT2D eigenvalue weighted by atomic mass is 15.1. The van der Waals surface area contributed by atoms with Crippen molar-refractivity contribution in [3.05, 3.63) is 108 Å². The molecule has 39 heavy (non-hydrogen) atoms. The van der Waals surface area contributed by atoms with Crippen LogP contribution in [0.3, 0.4) is 0 Å². The molecule has 1 atom stereocenters. The molecule has 0 saturated heterocycles. The summed E-state index contributed by atoms with van der Waals surface area (Å²) in [7, 11) is 0. The fourth-order valence-corrected chi connectivity index (χ4v) is 5.21. The highest BCUT2D eigenvalue weighted by Crippen LogP contribution is 2.13. The fourth-order valence-electron chi connectivity index (χ4n) is 5.21. The lowest BCUT2D eigenvalue weighted by Crippen LogP contribution is -3.07. The van der Waals surface area contributed by atoms with Gasteiger partial charge in [0.1, 0.15) is 6.54 Å². The third-order valence-corrected chi connectivity index (χ3v) is 7.54. The van der Waals surface area contributed by atoms with Crippen LogP contribution in [0.25, 0.3) is 0 Å². The molecule has 0 bridgehead atoms. The van der Waals surface area contributed by atoms with Crippen LogP contribution < -0.4 is 4.90 Å². The first-order chi connectivity index (χ1) is 19.4. The number of rotatable bonds is 21. The van der Waals surface area contributed by atoms with E-state index in [9.17, 15) is 0 Å². The van der Waals surface area contributed by atoms with Crippen molar-refractivity contribution in [2.75, 3.05) is 13.1 Å². The minimum atomic E-state index is 1.00. The summed E-state index contributed by atoms with van der Waals surface area (Å²) in [6, 6.07) is 8.34. The van der Waals surface area contributed by atoms with Gasteiger partial charge in [0, 0.05) is 30.4 Å². The van der Waals surface area contributed by atoms with Gasteiger partial charge in [-0.3, -0.25) is 9.97 Å². The average molecular weight is 527 g/mol. The molecule has 3 heterocycles. The highest BCUT2D eigenvalue weighted by Gasteiger charge is 2.09. The third-order valence-electron chi connectivity index (χ3n) is 7.54. The Morgan fingerprint density at radius 1 is 0.641 bits per heavy atom. The zero-order chi connectivity index (χ0) is 27.1. The molecule has 1 aliphatic heterocycles. The SMILES string of the molecule is C(=CCc1cccnc1)CCCCCCCC[NH+]1C=C(CCCCCCC=CCCc2cccnc2)C=CC1. The standard InChI is InChI=1S/C36H51N3/c1(2-6-10-14-21-34-24-18-27-37-31-34)5-9-13-17-29-39-30-20-26-36(33-39)23-16-12-8-4-3-7-11-15-22-35-25-19-28-38-32-35/h7,10-11,14,18-20,24-28,31-33H,1-6,8-9,12-13,15-17,21-23,29-30H2/p+1. The van der Waals surface area contributed by atoms with Gasteiger partial charge < -0.3 is 4.90 Å². The number of allylic oxidation sites excluding steroid dienone is 6. The second kappa shape index (κ2) is 21.1. The second-order valence-corrected chi connectivity index (χ2v) is 11.0. The molecule has 1 unspecified atom stereocenters. The van der Waals surface area contributed by atoms with E-state index in [4.69, 9.17) is 0 Å².